The summed E-state index contributed by atoms with van der Waals surface area (Å²) in [5.41, 5.74) is 1.11. The van der Waals surface area contributed by atoms with Gasteiger partial charge < -0.3 is 4.74 Å². The van der Waals surface area contributed by atoms with Crippen molar-refractivity contribution < 1.29 is 26.0 Å². The van der Waals surface area contributed by atoms with Crippen LogP contribution in [0, 0.1) is 5.82 Å². The lowest BCUT2D eigenvalue weighted by atomic mass is 9.84. The number of ether oxygens (including phenoxy) is 1. The van der Waals surface area contributed by atoms with E-state index in [1.165, 1.54) is 25.3 Å². The zero-order valence-electron chi connectivity index (χ0n) is 17.7. The first-order valence-corrected chi connectivity index (χ1v) is 13.7. The first-order chi connectivity index (χ1) is 15.3. The lowest BCUT2D eigenvalue weighted by Crippen LogP contribution is -2.40. The van der Waals surface area contributed by atoms with Gasteiger partial charge in [-0.2, -0.15) is 4.31 Å². The molecule has 2 fully saturated rings. The van der Waals surface area contributed by atoms with Crippen molar-refractivity contribution in [1.29, 1.82) is 0 Å². The Morgan fingerprint density at radius 3 is 2.22 bits per heavy atom. The summed E-state index contributed by atoms with van der Waals surface area (Å²) in [6.45, 7) is 0.685. The Morgan fingerprint density at radius 1 is 0.906 bits per heavy atom. The summed E-state index contributed by atoms with van der Waals surface area (Å²) in [5, 5.41) is 0. The van der Waals surface area contributed by atoms with Crippen molar-refractivity contribution in [1.82, 2.24) is 4.31 Å². The van der Waals surface area contributed by atoms with Crippen LogP contribution in [0.25, 0.3) is 0 Å². The Bertz CT molecular complexity index is 1160. The molecule has 1 saturated carbocycles. The van der Waals surface area contributed by atoms with E-state index in [9.17, 15) is 21.2 Å². The van der Waals surface area contributed by atoms with Crippen LogP contribution in [0.4, 0.5) is 10.1 Å². The highest BCUT2D eigenvalue weighted by Gasteiger charge is 2.29. The average Bonchev–Trinajstić information content (AvgIpc) is 2.81. The van der Waals surface area contributed by atoms with Crippen molar-refractivity contribution in [2.24, 2.45) is 0 Å². The largest absolute Gasteiger partial charge is 0.379 e. The van der Waals surface area contributed by atoms with Crippen LogP contribution < -0.4 is 4.72 Å². The van der Waals surface area contributed by atoms with E-state index in [-0.39, 0.29) is 36.9 Å². The maximum absolute atomic E-state index is 14.4. The maximum Gasteiger partial charge on any atom is 0.261 e. The van der Waals surface area contributed by atoms with Gasteiger partial charge in [0.25, 0.3) is 10.0 Å². The second-order valence-electron chi connectivity index (χ2n) is 8.17. The Kier molecular flexibility index (Phi) is 6.85. The van der Waals surface area contributed by atoms with Crippen LogP contribution in [-0.2, 0) is 24.8 Å². The third-order valence-electron chi connectivity index (χ3n) is 6.04. The average molecular weight is 483 g/mol. The van der Waals surface area contributed by atoms with Gasteiger partial charge in [-0.15, -0.1) is 0 Å². The van der Waals surface area contributed by atoms with Crippen molar-refractivity contribution in [3.8, 4) is 0 Å². The van der Waals surface area contributed by atoms with Crippen molar-refractivity contribution >= 4 is 25.7 Å². The van der Waals surface area contributed by atoms with Crippen LogP contribution in [0.3, 0.4) is 0 Å². The van der Waals surface area contributed by atoms with Crippen molar-refractivity contribution in [2.75, 3.05) is 31.0 Å². The standard InChI is InChI=1S/C22H27FN2O5S2/c23-21-11-8-19(16-22(21)32(28,29)25-12-14-30-15-13-25)24-31(26,27)20-9-6-18(7-10-20)17-4-2-1-3-5-17/h6-11,16-17,24H,1-5,12-15H2. The third-order valence-corrected chi connectivity index (χ3v) is 9.35. The highest BCUT2D eigenvalue weighted by Crippen LogP contribution is 2.33. The van der Waals surface area contributed by atoms with E-state index in [1.807, 2.05) is 12.1 Å². The smallest absolute Gasteiger partial charge is 0.261 e. The predicted molar refractivity (Wildman–Crippen MR) is 119 cm³/mol. The molecule has 32 heavy (non-hydrogen) atoms. The summed E-state index contributed by atoms with van der Waals surface area (Å²) in [6, 6.07) is 9.97. The van der Waals surface area contributed by atoms with Gasteiger partial charge in [-0.05, 0) is 54.7 Å². The number of halogens is 1. The molecule has 0 aromatic heterocycles. The molecule has 1 heterocycles. The van der Waals surface area contributed by atoms with E-state index in [1.54, 1.807) is 12.1 Å². The van der Waals surface area contributed by atoms with Crippen LogP contribution in [0.2, 0.25) is 0 Å². The summed E-state index contributed by atoms with van der Waals surface area (Å²) in [4.78, 5) is -0.494. The first-order valence-electron chi connectivity index (χ1n) is 10.8. The minimum atomic E-state index is -4.11. The number of anilines is 1. The Hall–Kier alpha value is -2.01. The number of hydrogen-bond acceptors (Lipinski definition) is 5. The molecule has 1 saturated heterocycles. The molecule has 1 aliphatic carbocycles. The van der Waals surface area contributed by atoms with Gasteiger partial charge in [-0.1, -0.05) is 31.4 Å². The Balaban J connectivity index is 1.55. The highest BCUT2D eigenvalue weighted by molar-refractivity contribution is 7.92. The summed E-state index contributed by atoms with van der Waals surface area (Å²) in [5.74, 6) is -0.477. The molecular formula is C22H27FN2O5S2. The summed E-state index contributed by atoms with van der Waals surface area (Å²) in [7, 11) is -8.07. The van der Waals surface area contributed by atoms with Crippen LogP contribution in [-0.4, -0.2) is 47.4 Å². The van der Waals surface area contributed by atoms with Crippen LogP contribution in [0.15, 0.2) is 52.3 Å². The summed E-state index contributed by atoms with van der Waals surface area (Å²) in [6.07, 6.45) is 5.84. The third kappa shape index (κ3) is 4.98. The molecular weight excluding hydrogens is 455 g/mol. The van der Waals surface area contributed by atoms with E-state index >= 15 is 0 Å². The normalized spacial score (nSPS) is 19.0. The minimum Gasteiger partial charge on any atom is -0.379 e. The zero-order chi connectivity index (χ0) is 22.8. The fourth-order valence-electron chi connectivity index (χ4n) is 4.26. The molecule has 2 aliphatic rings. The SMILES string of the molecule is O=S(=O)(Nc1ccc(F)c(S(=O)(=O)N2CCOCC2)c1)c1ccc(C2CCCCC2)cc1. The van der Waals surface area contributed by atoms with Gasteiger partial charge in [0, 0.05) is 13.1 Å². The molecule has 4 rings (SSSR count). The van der Waals surface area contributed by atoms with Crippen LogP contribution in [0.1, 0.15) is 43.6 Å². The quantitative estimate of drug-likeness (QED) is 0.678. The van der Waals surface area contributed by atoms with Crippen molar-refractivity contribution in [2.45, 2.75) is 47.8 Å². The number of rotatable bonds is 6. The van der Waals surface area contributed by atoms with E-state index in [0.717, 1.165) is 34.8 Å². The van der Waals surface area contributed by atoms with Gasteiger partial charge in [0.15, 0.2) is 0 Å². The molecule has 1 aliphatic heterocycles. The zero-order valence-corrected chi connectivity index (χ0v) is 19.3. The Morgan fingerprint density at radius 2 is 1.56 bits per heavy atom. The molecule has 2 aromatic carbocycles. The molecule has 1 N–H and O–H groups in total. The fourth-order valence-corrected chi connectivity index (χ4v) is 6.81. The second-order valence-corrected chi connectivity index (χ2v) is 11.8. The van der Waals surface area contributed by atoms with Gasteiger partial charge in [0.2, 0.25) is 10.0 Å². The molecule has 0 radical (unpaired) electrons. The Labute approximate surface area is 188 Å². The number of nitrogens with one attached hydrogen (secondary N) is 1. The number of sulfonamides is 2. The molecule has 10 heteroatoms. The number of morpholine rings is 1. The molecule has 2 aromatic rings. The van der Waals surface area contributed by atoms with Gasteiger partial charge >= 0.3 is 0 Å². The summed E-state index contributed by atoms with van der Waals surface area (Å²) < 4.78 is 74.4. The molecule has 7 nitrogen and oxygen atoms in total. The molecule has 0 atom stereocenters. The van der Waals surface area contributed by atoms with E-state index in [2.05, 4.69) is 4.72 Å². The molecule has 0 amide bonds. The lowest BCUT2D eigenvalue weighted by Gasteiger charge is -2.26. The van der Waals surface area contributed by atoms with Crippen molar-refractivity contribution in [3.05, 3.63) is 53.8 Å². The van der Waals surface area contributed by atoms with Gasteiger partial charge in [0.1, 0.15) is 10.7 Å². The highest BCUT2D eigenvalue weighted by atomic mass is 32.2. The first kappa shape index (κ1) is 23.2. The van der Waals surface area contributed by atoms with E-state index in [0.29, 0.717) is 5.92 Å². The number of benzene rings is 2. The van der Waals surface area contributed by atoms with Gasteiger partial charge in [-0.25, -0.2) is 21.2 Å². The molecule has 0 unspecified atom stereocenters. The topological polar surface area (TPSA) is 92.8 Å². The monoisotopic (exact) mass is 482 g/mol. The molecule has 0 bridgehead atoms. The number of nitrogens with zero attached hydrogens (tertiary/aromatic N) is 1. The van der Waals surface area contributed by atoms with Crippen LogP contribution in [0.5, 0.6) is 0 Å². The maximum atomic E-state index is 14.4. The fraction of sp³-hybridized carbons (Fsp3) is 0.455. The predicted octanol–water partition coefficient (Wildman–Crippen LogP) is 3.70. The lowest BCUT2D eigenvalue weighted by molar-refractivity contribution is 0.0729. The molecule has 174 valence electrons. The van der Waals surface area contributed by atoms with Crippen LogP contribution >= 0.6 is 0 Å². The van der Waals surface area contributed by atoms with E-state index < -0.39 is 30.8 Å². The molecule has 0 spiro atoms. The van der Waals surface area contributed by atoms with Gasteiger partial charge in [0.05, 0.1) is 23.8 Å². The van der Waals surface area contributed by atoms with Crippen molar-refractivity contribution in [3.63, 3.8) is 0 Å². The minimum absolute atomic E-state index is 0.0189. The second kappa shape index (κ2) is 9.46. The summed E-state index contributed by atoms with van der Waals surface area (Å²) >= 11 is 0. The van der Waals surface area contributed by atoms with Gasteiger partial charge in [-0.3, -0.25) is 4.72 Å². The van der Waals surface area contributed by atoms with E-state index in [4.69, 9.17) is 4.74 Å². The number of hydrogen-bond donors (Lipinski definition) is 1.